The van der Waals surface area contributed by atoms with Crippen molar-refractivity contribution in [3.8, 4) is 17.2 Å². The summed E-state index contributed by atoms with van der Waals surface area (Å²) in [6, 6.07) is 61.6. The van der Waals surface area contributed by atoms with Crippen LogP contribution in [0.1, 0.15) is 0 Å². The van der Waals surface area contributed by atoms with E-state index < -0.39 is 0 Å². The fourth-order valence-electron chi connectivity index (χ4n) is 9.49. The lowest BCUT2D eigenvalue weighted by atomic mass is 10.00. The smallest absolute Gasteiger partial charge is 0.235 e. The number of hydrogen-bond donors (Lipinski definition) is 0. The molecule has 0 N–H and O–H groups in total. The Labute approximate surface area is 308 Å². The molecule has 0 bridgehead atoms. The summed E-state index contributed by atoms with van der Waals surface area (Å²) < 4.78 is 4.83. The molecule has 0 unspecified atom stereocenters. The van der Waals surface area contributed by atoms with Crippen LogP contribution in [-0.2, 0) is 0 Å². The summed E-state index contributed by atoms with van der Waals surface area (Å²) in [5.74, 6) is 0.667. The van der Waals surface area contributed by atoms with Crippen molar-refractivity contribution < 1.29 is 0 Å². The minimum Gasteiger partial charge on any atom is -0.307 e. The summed E-state index contributed by atoms with van der Waals surface area (Å²) >= 11 is 0. The molecule has 54 heavy (non-hydrogen) atoms. The highest BCUT2D eigenvalue weighted by Gasteiger charge is 2.26. The fourth-order valence-corrected chi connectivity index (χ4v) is 9.49. The first-order valence-electron chi connectivity index (χ1n) is 18.5. The lowest BCUT2D eigenvalue weighted by Crippen LogP contribution is -2.04. The minimum absolute atomic E-state index is 0.667. The van der Waals surface area contributed by atoms with Crippen molar-refractivity contribution in [2.24, 2.45) is 0 Å². The van der Waals surface area contributed by atoms with Crippen molar-refractivity contribution in [3.63, 3.8) is 0 Å². The number of aromatic nitrogens is 4. The molecule has 248 valence electrons. The molecule has 4 heterocycles. The fraction of sp³-hybridized carbons (Fsp3) is 0. The average molecular weight is 685 g/mol. The van der Waals surface area contributed by atoms with Crippen molar-refractivity contribution in [2.75, 3.05) is 0 Å². The number of benzene rings is 9. The first-order chi connectivity index (χ1) is 26.8. The first kappa shape index (κ1) is 28.3. The van der Waals surface area contributed by atoms with Crippen molar-refractivity contribution >= 4 is 103 Å². The molecule has 4 heteroatoms. The molecule has 13 rings (SSSR count). The second-order valence-electron chi connectivity index (χ2n) is 14.5. The van der Waals surface area contributed by atoms with Crippen molar-refractivity contribution in [3.05, 3.63) is 170 Å². The van der Waals surface area contributed by atoms with E-state index in [0.29, 0.717) is 5.95 Å². The first-order valence-corrected chi connectivity index (χ1v) is 18.5. The molecule has 0 fully saturated rings. The van der Waals surface area contributed by atoms with Crippen LogP contribution in [0.2, 0.25) is 0 Å². The van der Waals surface area contributed by atoms with Gasteiger partial charge in [0.2, 0.25) is 5.95 Å². The predicted octanol–water partition coefficient (Wildman–Crippen LogP) is 13.0. The van der Waals surface area contributed by atoms with Crippen LogP contribution in [-0.4, -0.2) is 18.9 Å². The zero-order valence-corrected chi connectivity index (χ0v) is 29.0. The van der Waals surface area contributed by atoms with Crippen LogP contribution in [0.5, 0.6) is 0 Å². The molecular formula is C50H28N4. The summed E-state index contributed by atoms with van der Waals surface area (Å²) in [7, 11) is 0. The number of para-hydroxylation sites is 2. The summed E-state index contributed by atoms with van der Waals surface area (Å²) in [6.07, 6.45) is 0. The number of nitrogens with zero attached hydrogens (tertiary/aromatic N) is 4. The van der Waals surface area contributed by atoms with Crippen molar-refractivity contribution in [1.29, 1.82) is 0 Å². The maximum Gasteiger partial charge on any atom is 0.235 e. The van der Waals surface area contributed by atoms with Gasteiger partial charge in [0.1, 0.15) is 0 Å². The van der Waals surface area contributed by atoms with Crippen molar-refractivity contribution in [2.45, 2.75) is 0 Å². The molecule has 4 nitrogen and oxygen atoms in total. The van der Waals surface area contributed by atoms with E-state index in [9.17, 15) is 0 Å². The van der Waals surface area contributed by atoms with Gasteiger partial charge in [-0.2, -0.15) is 0 Å². The molecule has 4 aromatic heterocycles. The molecule has 0 radical (unpaired) electrons. The number of fused-ring (bicyclic) bond motifs is 16. The summed E-state index contributed by atoms with van der Waals surface area (Å²) in [4.78, 5) is 11.1. The molecule has 0 saturated heterocycles. The van der Waals surface area contributed by atoms with Gasteiger partial charge < -0.3 is 4.40 Å². The Morgan fingerprint density at radius 1 is 0.352 bits per heavy atom. The van der Waals surface area contributed by atoms with Crippen molar-refractivity contribution in [1.82, 2.24) is 18.9 Å². The van der Waals surface area contributed by atoms with Crippen LogP contribution >= 0.6 is 0 Å². The topological polar surface area (TPSA) is 35.1 Å². The third-order valence-corrected chi connectivity index (χ3v) is 11.8. The zero-order chi connectivity index (χ0) is 35.1. The monoisotopic (exact) mass is 684 g/mol. The van der Waals surface area contributed by atoms with Gasteiger partial charge in [0, 0.05) is 54.0 Å². The van der Waals surface area contributed by atoms with Gasteiger partial charge in [-0.1, -0.05) is 140 Å². The molecule has 0 atom stereocenters. The molecular weight excluding hydrogens is 657 g/mol. The van der Waals surface area contributed by atoms with Crippen LogP contribution in [0.25, 0.3) is 120 Å². The second kappa shape index (κ2) is 10.2. The molecule has 0 aliphatic rings. The third kappa shape index (κ3) is 3.57. The maximum atomic E-state index is 5.56. The molecule has 0 amide bonds. The Morgan fingerprint density at radius 3 is 1.78 bits per heavy atom. The van der Waals surface area contributed by atoms with Gasteiger partial charge in [-0.3, -0.25) is 4.57 Å². The van der Waals surface area contributed by atoms with Gasteiger partial charge in [-0.05, 0) is 51.9 Å². The summed E-state index contributed by atoms with van der Waals surface area (Å²) in [6.45, 7) is 0. The predicted molar refractivity (Wildman–Crippen MR) is 226 cm³/mol. The highest BCUT2D eigenvalue weighted by Crippen LogP contribution is 2.48. The van der Waals surface area contributed by atoms with E-state index in [1.807, 2.05) is 0 Å². The Balaban J connectivity index is 1.24. The van der Waals surface area contributed by atoms with E-state index in [1.165, 1.54) is 70.4 Å². The quantitative estimate of drug-likeness (QED) is 0.170. The van der Waals surface area contributed by atoms with Gasteiger partial charge >= 0.3 is 0 Å². The SMILES string of the molecule is c1ccc2cc(-c3nc(-n4c5ccccc5c5c6c7ccccc7n7c8c9ccccc9ccc8c(cc54)c67)nc4c3ccc3ccccc34)ccc2c1. The van der Waals surface area contributed by atoms with Gasteiger partial charge in [0.05, 0.1) is 38.8 Å². The lowest BCUT2D eigenvalue weighted by molar-refractivity contribution is 1.02. The number of hydrogen-bond acceptors (Lipinski definition) is 2. The van der Waals surface area contributed by atoms with Crippen LogP contribution in [0.4, 0.5) is 0 Å². The summed E-state index contributed by atoms with van der Waals surface area (Å²) in [5.41, 5.74) is 8.88. The second-order valence-corrected chi connectivity index (χ2v) is 14.5. The average Bonchev–Trinajstić information content (AvgIpc) is 3.87. The van der Waals surface area contributed by atoms with Gasteiger partial charge in [-0.25, -0.2) is 9.97 Å². The molecule has 13 aromatic rings. The molecule has 0 aliphatic carbocycles. The zero-order valence-electron chi connectivity index (χ0n) is 29.0. The van der Waals surface area contributed by atoms with E-state index >= 15 is 0 Å². The van der Waals surface area contributed by atoms with Crippen LogP contribution in [0.3, 0.4) is 0 Å². The standard InChI is InChI=1S/C50H28N4/c1-2-14-32-27-33(22-21-29(32)11-1)46-39-26-24-30-12-3-5-15-34(30)47(39)52-50(51-46)53-41-19-9-7-17-37(41)44-43(53)28-40-36-25-23-31-13-4-6-16-35(31)48(36)54-42-20-10-8-18-38(42)45(44)49(40)54/h1-28H. The Morgan fingerprint density at radius 2 is 0.963 bits per heavy atom. The van der Waals surface area contributed by atoms with E-state index in [2.05, 4.69) is 179 Å². The van der Waals surface area contributed by atoms with E-state index in [0.717, 1.165) is 44.0 Å². The van der Waals surface area contributed by atoms with E-state index in [1.54, 1.807) is 0 Å². The molecule has 0 aliphatic heterocycles. The van der Waals surface area contributed by atoms with E-state index in [-0.39, 0.29) is 0 Å². The van der Waals surface area contributed by atoms with Crippen LogP contribution in [0, 0.1) is 0 Å². The van der Waals surface area contributed by atoms with Gasteiger partial charge in [0.15, 0.2) is 0 Å². The number of rotatable bonds is 2. The Hall–Kier alpha value is -7.30. The lowest BCUT2D eigenvalue weighted by Gasteiger charge is -2.14. The molecule has 0 saturated carbocycles. The molecule has 0 spiro atoms. The van der Waals surface area contributed by atoms with Gasteiger partial charge in [-0.15, -0.1) is 0 Å². The normalized spacial score (nSPS) is 12.4. The molecule has 9 aromatic carbocycles. The maximum absolute atomic E-state index is 5.56. The van der Waals surface area contributed by atoms with Crippen LogP contribution < -0.4 is 0 Å². The largest absolute Gasteiger partial charge is 0.307 e. The highest BCUT2D eigenvalue weighted by atomic mass is 15.2. The third-order valence-electron chi connectivity index (χ3n) is 11.8. The summed E-state index contributed by atoms with van der Waals surface area (Å²) in [5, 5.41) is 15.6. The Kier molecular flexibility index (Phi) is 5.34. The Bertz CT molecular complexity index is 3740. The highest BCUT2D eigenvalue weighted by molar-refractivity contribution is 6.37. The van der Waals surface area contributed by atoms with Crippen LogP contribution in [0.15, 0.2) is 170 Å². The minimum atomic E-state index is 0.667. The van der Waals surface area contributed by atoms with Gasteiger partial charge in [0.25, 0.3) is 0 Å². The van der Waals surface area contributed by atoms with E-state index in [4.69, 9.17) is 9.97 Å².